The summed E-state index contributed by atoms with van der Waals surface area (Å²) in [5.41, 5.74) is 1.83. The van der Waals surface area contributed by atoms with Crippen LogP contribution >= 0.6 is 11.3 Å². The fraction of sp³-hybridized carbons (Fsp3) is 0.600. The molecule has 1 amide bonds. The van der Waals surface area contributed by atoms with Crippen LogP contribution in [0.4, 0.5) is 5.69 Å². The number of carbonyl (C=O) groups is 1. The van der Waals surface area contributed by atoms with E-state index in [4.69, 9.17) is 0 Å². The minimum absolute atomic E-state index is 0.0175. The van der Waals surface area contributed by atoms with Crippen LogP contribution in [0.3, 0.4) is 0 Å². The van der Waals surface area contributed by atoms with Crippen molar-refractivity contribution in [3.05, 3.63) is 23.3 Å². The smallest absolute Gasteiger partial charge is 0.270 e. The van der Waals surface area contributed by atoms with E-state index in [1.807, 2.05) is 12.3 Å². The summed E-state index contributed by atoms with van der Waals surface area (Å²) in [6, 6.07) is 2.68. The van der Waals surface area contributed by atoms with E-state index in [-0.39, 0.29) is 11.9 Å². The third-order valence-electron chi connectivity index (χ3n) is 6.60. The molecule has 5 nitrogen and oxygen atoms in total. The maximum Gasteiger partial charge on any atom is 0.270 e. The lowest BCUT2D eigenvalue weighted by Gasteiger charge is -2.49. The van der Waals surface area contributed by atoms with Crippen LogP contribution in [-0.2, 0) is 0 Å². The van der Waals surface area contributed by atoms with Gasteiger partial charge in [-0.05, 0) is 57.7 Å². The number of thiophene rings is 1. The molecule has 2 atom stereocenters. The zero-order chi connectivity index (χ0) is 17.7. The Morgan fingerprint density at radius 3 is 2.73 bits per heavy atom. The van der Waals surface area contributed by atoms with Crippen molar-refractivity contribution in [1.29, 1.82) is 0 Å². The van der Waals surface area contributed by atoms with Gasteiger partial charge < -0.3 is 10.2 Å². The third-order valence-corrected chi connectivity index (χ3v) is 7.52. The number of aromatic nitrogens is 1. The molecule has 2 aromatic rings. The van der Waals surface area contributed by atoms with Crippen LogP contribution in [-0.4, -0.2) is 54.1 Å². The molecule has 2 aromatic heterocycles. The standard InChI is InChI=1S/C20H26N4OS/c1-13-19(14-4-8-23(13)9-5-14)22-20(25)16-10-15-17(24-6-2-3-7-24)12-26-18(15)11-21-16/h10-14,19H,2-9H2,1H3,(H,22,25)/t13-,19-/m0/s1. The number of carbonyl (C=O) groups excluding carboxylic acids is 1. The van der Waals surface area contributed by atoms with E-state index in [1.54, 1.807) is 11.3 Å². The molecule has 0 unspecified atom stereocenters. The van der Waals surface area contributed by atoms with Crippen molar-refractivity contribution in [3.63, 3.8) is 0 Å². The summed E-state index contributed by atoms with van der Waals surface area (Å²) in [6.45, 7) is 6.84. The second-order valence-electron chi connectivity index (χ2n) is 7.99. The van der Waals surface area contributed by atoms with E-state index < -0.39 is 0 Å². The fourth-order valence-corrected chi connectivity index (χ4v) is 5.94. The summed E-state index contributed by atoms with van der Waals surface area (Å²) in [4.78, 5) is 22.3. The van der Waals surface area contributed by atoms with Crippen LogP contribution in [0.5, 0.6) is 0 Å². The molecular weight excluding hydrogens is 344 g/mol. The highest BCUT2D eigenvalue weighted by atomic mass is 32.1. The summed E-state index contributed by atoms with van der Waals surface area (Å²) in [7, 11) is 0. The number of rotatable bonds is 3. The van der Waals surface area contributed by atoms with Gasteiger partial charge in [0.2, 0.25) is 0 Å². The van der Waals surface area contributed by atoms with Crippen molar-refractivity contribution in [1.82, 2.24) is 15.2 Å². The van der Waals surface area contributed by atoms with Crippen molar-refractivity contribution in [2.24, 2.45) is 5.92 Å². The van der Waals surface area contributed by atoms with Gasteiger partial charge in [-0.25, -0.2) is 4.98 Å². The molecule has 6 heterocycles. The molecular formula is C20H26N4OS. The Morgan fingerprint density at radius 1 is 1.23 bits per heavy atom. The Bertz CT molecular complexity index is 818. The molecule has 0 aliphatic carbocycles. The largest absolute Gasteiger partial charge is 0.370 e. The SMILES string of the molecule is C[C@H]1[C@H](NC(=O)c2cc3c(N4CCCC4)csc3cn2)C2CCN1CC2. The van der Waals surface area contributed by atoms with Gasteiger partial charge >= 0.3 is 0 Å². The van der Waals surface area contributed by atoms with Crippen LogP contribution in [0, 0.1) is 5.92 Å². The zero-order valence-electron chi connectivity index (χ0n) is 15.3. The van der Waals surface area contributed by atoms with Crippen LogP contribution in [0.1, 0.15) is 43.1 Å². The molecule has 0 radical (unpaired) electrons. The van der Waals surface area contributed by atoms with Crippen molar-refractivity contribution in [2.75, 3.05) is 31.1 Å². The molecule has 4 saturated heterocycles. The number of hydrogen-bond acceptors (Lipinski definition) is 5. The number of nitrogens with zero attached hydrogens (tertiary/aromatic N) is 3. The lowest BCUT2D eigenvalue weighted by atomic mass is 9.79. The predicted octanol–water partition coefficient (Wildman–Crippen LogP) is 3.11. The maximum absolute atomic E-state index is 12.9. The first-order valence-electron chi connectivity index (χ1n) is 9.88. The molecule has 26 heavy (non-hydrogen) atoms. The molecule has 0 aromatic carbocycles. The van der Waals surface area contributed by atoms with Crippen molar-refractivity contribution >= 4 is 33.0 Å². The van der Waals surface area contributed by atoms with Crippen molar-refractivity contribution in [2.45, 2.75) is 44.7 Å². The number of pyridine rings is 1. The lowest BCUT2D eigenvalue weighted by molar-refractivity contribution is 0.0216. The number of piperidine rings is 3. The molecule has 4 aliphatic rings. The van der Waals surface area contributed by atoms with Crippen LogP contribution in [0.15, 0.2) is 17.6 Å². The Hall–Kier alpha value is -1.66. The molecule has 6 heteroatoms. The summed E-state index contributed by atoms with van der Waals surface area (Å²) in [5.74, 6) is 0.597. The number of fused-ring (bicyclic) bond motifs is 4. The Morgan fingerprint density at radius 2 is 2.00 bits per heavy atom. The lowest BCUT2D eigenvalue weighted by Crippen LogP contribution is -2.62. The van der Waals surface area contributed by atoms with Crippen LogP contribution < -0.4 is 10.2 Å². The van der Waals surface area contributed by atoms with Crippen LogP contribution in [0.25, 0.3) is 10.1 Å². The minimum atomic E-state index is -0.0175. The van der Waals surface area contributed by atoms with E-state index in [0.717, 1.165) is 13.1 Å². The highest BCUT2D eigenvalue weighted by molar-refractivity contribution is 7.17. The highest BCUT2D eigenvalue weighted by Crippen LogP contribution is 2.35. The van der Waals surface area contributed by atoms with E-state index >= 15 is 0 Å². The Kier molecular flexibility index (Phi) is 4.13. The summed E-state index contributed by atoms with van der Waals surface area (Å²) >= 11 is 1.72. The molecule has 1 N–H and O–H groups in total. The average Bonchev–Trinajstić information content (AvgIpc) is 3.33. The molecule has 6 rings (SSSR count). The van der Waals surface area contributed by atoms with Gasteiger partial charge in [-0.15, -0.1) is 11.3 Å². The minimum Gasteiger partial charge on any atom is -0.370 e. The van der Waals surface area contributed by atoms with Gasteiger partial charge in [0, 0.05) is 42.1 Å². The quantitative estimate of drug-likeness (QED) is 0.902. The predicted molar refractivity (Wildman–Crippen MR) is 106 cm³/mol. The second kappa shape index (κ2) is 6.50. The molecule has 0 spiro atoms. The van der Waals surface area contributed by atoms with E-state index in [0.29, 0.717) is 17.7 Å². The monoisotopic (exact) mass is 370 g/mol. The molecule has 4 fully saturated rings. The van der Waals surface area contributed by atoms with Crippen molar-refractivity contribution in [3.8, 4) is 0 Å². The highest BCUT2D eigenvalue weighted by Gasteiger charge is 2.40. The number of anilines is 1. The first-order chi connectivity index (χ1) is 12.7. The van der Waals surface area contributed by atoms with Crippen LogP contribution in [0.2, 0.25) is 0 Å². The summed E-state index contributed by atoms with van der Waals surface area (Å²) < 4.78 is 1.17. The van der Waals surface area contributed by atoms with Gasteiger partial charge in [-0.3, -0.25) is 9.69 Å². The molecule has 4 aliphatic heterocycles. The van der Waals surface area contributed by atoms with Gasteiger partial charge in [0.1, 0.15) is 5.69 Å². The van der Waals surface area contributed by atoms with Crippen molar-refractivity contribution < 1.29 is 4.79 Å². The van der Waals surface area contributed by atoms with E-state index in [2.05, 4.69) is 32.4 Å². The summed E-state index contributed by atoms with van der Waals surface area (Å²) in [5, 5.41) is 6.71. The topological polar surface area (TPSA) is 48.5 Å². The zero-order valence-corrected chi connectivity index (χ0v) is 16.1. The molecule has 0 saturated carbocycles. The summed E-state index contributed by atoms with van der Waals surface area (Å²) in [6.07, 6.45) is 6.78. The Labute approximate surface area is 158 Å². The average molecular weight is 371 g/mol. The van der Waals surface area contributed by atoms with E-state index in [1.165, 1.54) is 54.5 Å². The number of nitrogens with one attached hydrogen (secondary N) is 1. The van der Waals surface area contributed by atoms with Gasteiger partial charge in [0.05, 0.1) is 10.4 Å². The van der Waals surface area contributed by atoms with Gasteiger partial charge in [0.15, 0.2) is 0 Å². The molecule has 2 bridgehead atoms. The van der Waals surface area contributed by atoms with E-state index in [9.17, 15) is 4.79 Å². The molecule has 138 valence electrons. The van der Waals surface area contributed by atoms with Gasteiger partial charge in [-0.1, -0.05) is 0 Å². The fourth-order valence-electron chi connectivity index (χ4n) is 5.02. The maximum atomic E-state index is 12.9. The van der Waals surface area contributed by atoms with Gasteiger partial charge in [-0.2, -0.15) is 0 Å². The van der Waals surface area contributed by atoms with Gasteiger partial charge in [0.25, 0.3) is 5.91 Å². The Balaban J connectivity index is 1.39. The normalized spacial score (nSPS) is 30.9. The second-order valence-corrected chi connectivity index (χ2v) is 8.91. The number of amides is 1. The first kappa shape index (κ1) is 16.5. The third kappa shape index (κ3) is 2.70. The number of hydrogen-bond donors (Lipinski definition) is 1. The first-order valence-corrected chi connectivity index (χ1v) is 10.8.